The van der Waals surface area contributed by atoms with E-state index in [0.29, 0.717) is 24.2 Å². The molecule has 0 aliphatic carbocycles. The van der Waals surface area contributed by atoms with E-state index in [1.807, 2.05) is 78.4 Å². The van der Waals surface area contributed by atoms with Crippen molar-refractivity contribution >= 4 is 17.5 Å². The standard InChI is InChI=1S/C27H26N4O2/c1-27(22-10-4-2-5-11-22,23-12-6-3-7-13-23)30-26(33)21-9-8-14-24(19-21)29-25(32)15-17-31-18-16-28-20-31/h2-14,16,18-20H,15,17H2,1H3,(H,29,32)(H,30,33). The topological polar surface area (TPSA) is 76.0 Å². The minimum atomic E-state index is -0.719. The molecule has 2 amide bonds. The number of aromatic nitrogens is 2. The first-order valence-corrected chi connectivity index (χ1v) is 10.8. The van der Waals surface area contributed by atoms with E-state index >= 15 is 0 Å². The first-order valence-electron chi connectivity index (χ1n) is 10.8. The second-order valence-corrected chi connectivity index (χ2v) is 7.99. The van der Waals surface area contributed by atoms with E-state index < -0.39 is 5.54 Å². The van der Waals surface area contributed by atoms with Crippen molar-refractivity contribution in [1.29, 1.82) is 0 Å². The number of anilines is 1. The Morgan fingerprint density at radius 2 is 1.58 bits per heavy atom. The van der Waals surface area contributed by atoms with Gasteiger partial charge < -0.3 is 15.2 Å². The molecule has 0 aliphatic heterocycles. The second-order valence-electron chi connectivity index (χ2n) is 7.99. The lowest BCUT2D eigenvalue weighted by molar-refractivity contribution is -0.116. The molecule has 0 aliphatic rings. The van der Waals surface area contributed by atoms with Crippen molar-refractivity contribution in [2.24, 2.45) is 0 Å². The van der Waals surface area contributed by atoms with Crippen LogP contribution in [0.2, 0.25) is 0 Å². The highest BCUT2D eigenvalue weighted by molar-refractivity contribution is 5.97. The van der Waals surface area contributed by atoms with Crippen LogP contribution in [-0.4, -0.2) is 21.4 Å². The number of amides is 2. The number of nitrogens with one attached hydrogen (secondary N) is 2. The fourth-order valence-corrected chi connectivity index (χ4v) is 3.76. The number of hydrogen-bond donors (Lipinski definition) is 2. The molecule has 6 nitrogen and oxygen atoms in total. The van der Waals surface area contributed by atoms with Gasteiger partial charge in [-0.25, -0.2) is 4.98 Å². The number of carbonyl (C=O) groups excluding carboxylic acids is 2. The lowest BCUT2D eigenvalue weighted by Crippen LogP contribution is -2.44. The third-order valence-corrected chi connectivity index (χ3v) is 5.63. The molecule has 0 spiro atoms. The maximum Gasteiger partial charge on any atom is 0.252 e. The van der Waals surface area contributed by atoms with E-state index in [1.165, 1.54) is 0 Å². The average molecular weight is 439 g/mol. The van der Waals surface area contributed by atoms with Crippen molar-refractivity contribution < 1.29 is 9.59 Å². The Labute approximate surface area is 193 Å². The molecule has 1 aromatic heterocycles. The Hall–Kier alpha value is -4.19. The summed E-state index contributed by atoms with van der Waals surface area (Å²) < 4.78 is 1.84. The Bertz CT molecular complexity index is 1170. The van der Waals surface area contributed by atoms with Gasteiger partial charge in [0.25, 0.3) is 5.91 Å². The van der Waals surface area contributed by atoms with Gasteiger partial charge in [-0.05, 0) is 36.2 Å². The highest BCUT2D eigenvalue weighted by atomic mass is 16.2. The smallest absolute Gasteiger partial charge is 0.252 e. The molecule has 4 rings (SSSR count). The van der Waals surface area contributed by atoms with E-state index in [9.17, 15) is 9.59 Å². The van der Waals surface area contributed by atoms with Gasteiger partial charge in [0.1, 0.15) is 0 Å². The summed E-state index contributed by atoms with van der Waals surface area (Å²) >= 11 is 0. The Balaban J connectivity index is 1.50. The summed E-state index contributed by atoms with van der Waals surface area (Å²) in [5.41, 5.74) is 2.30. The van der Waals surface area contributed by atoms with E-state index in [1.54, 1.807) is 36.8 Å². The predicted octanol–water partition coefficient (Wildman–Crippen LogP) is 4.61. The van der Waals surface area contributed by atoms with Gasteiger partial charge in [0.2, 0.25) is 5.91 Å². The summed E-state index contributed by atoms with van der Waals surface area (Å²) in [4.78, 5) is 29.6. The molecule has 0 radical (unpaired) electrons. The normalized spacial score (nSPS) is 11.1. The summed E-state index contributed by atoms with van der Waals surface area (Å²) in [5.74, 6) is -0.348. The maximum absolute atomic E-state index is 13.3. The molecule has 0 saturated heterocycles. The van der Waals surface area contributed by atoms with Gasteiger partial charge in [-0.1, -0.05) is 66.7 Å². The number of aryl methyl sites for hydroxylation is 1. The van der Waals surface area contributed by atoms with E-state index in [0.717, 1.165) is 11.1 Å². The molecule has 2 N–H and O–H groups in total. The van der Waals surface area contributed by atoms with Crippen LogP contribution < -0.4 is 10.6 Å². The predicted molar refractivity (Wildman–Crippen MR) is 129 cm³/mol. The number of nitrogens with zero attached hydrogens (tertiary/aromatic N) is 2. The Morgan fingerprint density at radius 1 is 0.909 bits per heavy atom. The number of carbonyl (C=O) groups is 2. The van der Waals surface area contributed by atoms with Crippen molar-refractivity contribution in [2.45, 2.75) is 25.4 Å². The largest absolute Gasteiger partial charge is 0.339 e. The zero-order valence-corrected chi connectivity index (χ0v) is 18.4. The van der Waals surface area contributed by atoms with E-state index in [2.05, 4.69) is 15.6 Å². The molecular formula is C27H26N4O2. The first kappa shape index (κ1) is 22.0. The molecule has 0 unspecified atom stereocenters. The monoisotopic (exact) mass is 438 g/mol. The van der Waals surface area contributed by atoms with Crippen molar-refractivity contribution in [2.75, 3.05) is 5.32 Å². The van der Waals surface area contributed by atoms with Crippen LogP contribution in [0.5, 0.6) is 0 Å². The average Bonchev–Trinajstić information content (AvgIpc) is 3.38. The van der Waals surface area contributed by atoms with Crippen LogP contribution in [0.4, 0.5) is 5.69 Å². The van der Waals surface area contributed by atoms with Crippen molar-refractivity contribution in [1.82, 2.24) is 14.9 Å². The number of benzene rings is 3. The fraction of sp³-hybridized carbons (Fsp3) is 0.148. The highest BCUT2D eigenvalue weighted by Crippen LogP contribution is 2.29. The third-order valence-electron chi connectivity index (χ3n) is 5.63. The van der Waals surface area contributed by atoms with Crippen LogP contribution in [0.3, 0.4) is 0 Å². The van der Waals surface area contributed by atoms with Crippen LogP contribution in [0.15, 0.2) is 104 Å². The summed E-state index contributed by atoms with van der Waals surface area (Å²) in [6.45, 7) is 2.54. The molecule has 4 aromatic rings. The molecule has 0 bridgehead atoms. The summed E-state index contributed by atoms with van der Waals surface area (Å²) in [6, 6.07) is 26.8. The molecule has 0 atom stereocenters. The zero-order chi connectivity index (χ0) is 23.1. The number of hydrogen-bond acceptors (Lipinski definition) is 3. The van der Waals surface area contributed by atoms with Crippen LogP contribution in [0, 0.1) is 0 Å². The van der Waals surface area contributed by atoms with Crippen molar-refractivity contribution in [3.63, 3.8) is 0 Å². The summed E-state index contributed by atoms with van der Waals surface area (Å²) in [5, 5.41) is 6.08. The molecule has 3 aromatic carbocycles. The minimum absolute atomic E-state index is 0.125. The van der Waals surface area contributed by atoms with Gasteiger partial charge in [-0.2, -0.15) is 0 Å². The number of rotatable bonds is 8. The van der Waals surface area contributed by atoms with Crippen LogP contribution in [0.25, 0.3) is 0 Å². The van der Waals surface area contributed by atoms with Crippen LogP contribution >= 0.6 is 0 Å². The zero-order valence-electron chi connectivity index (χ0n) is 18.4. The molecule has 0 saturated carbocycles. The van der Waals surface area contributed by atoms with Gasteiger partial charge in [0.15, 0.2) is 0 Å². The Kier molecular flexibility index (Phi) is 6.64. The lowest BCUT2D eigenvalue weighted by atomic mass is 9.84. The molecule has 166 valence electrons. The maximum atomic E-state index is 13.3. The van der Waals surface area contributed by atoms with Crippen LogP contribution in [0.1, 0.15) is 34.8 Å². The molecule has 6 heteroatoms. The van der Waals surface area contributed by atoms with Gasteiger partial charge in [-0.15, -0.1) is 0 Å². The quantitative estimate of drug-likeness (QED) is 0.422. The molecular weight excluding hydrogens is 412 g/mol. The van der Waals surface area contributed by atoms with Gasteiger partial charge >= 0.3 is 0 Å². The Morgan fingerprint density at radius 3 is 2.18 bits per heavy atom. The summed E-state index contributed by atoms with van der Waals surface area (Å²) in [6.07, 6.45) is 5.48. The summed E-state index contributed by atoms with van der Waals surface area (Å²) in [7, 11) is 0. The van der Waals surface area contributed by atoms with Gasteiger partial charge in [0.05, 0.1) is 11.9 Å². The second kappa shape index (κ2) is 9.96. The third kappa shape index (κ3) is 5.36. The molecule has 33 heavy (non-hydrogen) atoms. The van der Waals surface area contributed by atoms with Crippen molar-refractivity contribution in [3.05, 3.63) is 120 Å². The molecule has 1 heterocycles. The molecule has 0 fully saturated rings. The van der Waals surface area contributed by atoms with Gasteiger partial charge in [-0.3, -0.25) is 9.59 Å². The number of imidazole rings is 1. The van der Waals surface area contributed by atoms with E-state index in [4.69, 9.17) is 0 Å². The SMILES string of the molecule is CC(NC(=O)c1cccc(NC(=O)CCn2ccnc2)c1)(c1ccccc1)c1ccccc1. The van der Waals surface area contributed by atoms with Crippen LogP contribution in [-0.2, 0) is 16.9 Å². The minimum Gasteiger partial charge on any atom is -0.339 e. The highest BCUT2D eigenvalue weighted by Gasteiger charge is 2.31. The lowest BCUT2D eigenvalue weighted by Gasteiger charge is -2.32. The van der Waals surface area contributed by atoms with E-state index in [-0.39, 0.29) is 11.8 Å². The van der Waals surface area contributed by atoms with Gasteiger partial charge in [0, 0.05) is 36.6 Å². The first-order chi connectivity index (χ1) is 16.0. The van der Waals surface area contributed by atoms with Crippen molar-refractivity contribution in [3.8, 4) is 0 Å². The fourth-order valence-electron chi connectivity index (χ4n) is 3.76.